The van der Waals surface area contributed by atoms with Gasteiger partial charge in [-0.2, -0.15) is 10.2 Å². The summed E-state index contributed by atoms with van der Waals surface area (Å²) in [6.07, 6.45) is 6.10. The number of hydrogen-bond donors (Lipinski definition) is 1. The molecule has 0 spiro atoms. The van der Waals surface area contributed by atoms with Gasteiger partial charge in [0.05, 0.1) is 6.04 Å². The second-order valence-electron chi connectivity index (χ2n) is 4.52. The summed E-state index contributed by atoms with van der Waals surface area (Å²) in [5.41, 5.74) is 1.44. The van der Waals surface area contributed by atoms with E-state index < -0.39 is 20.8 Å². The van der Waals surface area contributed by atoms with E-state index in [2.05, 4.69) is 10.2 Å². The van der Waals surface area contributed by atoms with Crippen LogP contribution < -0.4 is 0 Å². The Morgan fingerprint density at radius 1 is 1.21 bits per heavy atom. The zero-order valence-electron chi connectivity index (χ0n) is 10.9. The van der Waals surface area contributed by atoms with Gasteiger partial charge in [-0.1, -0.05) is 31.4 Å². The van der Waals surface area contributed by atoms with Crippen LogP contribution in [0.2, 0.25) is 0 Å². The standard InChI is InChI=1S/C13H18N2O.2ClH.Zr/c1-10-6-5-9-12(13(10)16)15-14-11-7-3-2-4-8-11;;;/h5-6,9,11,16H,2-4,7-8H2,1H3;2*1H;/q;;;+2/p-2. The second-order valence-corrected chi connectivity index (χ2v) is 8.25. The molecule has 0 amide bonds. The predicted octanol–water partition coefficient (Wildman–Crippen LogP) is 5.49. The molecule has 0 atom stereocenters. The predicted molar refractivity (Wildman–Crippen MR) is 75.9 cm³/mol. The molecule has 0 saturated heterocycles. The van der Waals surface area contributed by atoms with Gasteiger partial charge in [0.25, 0.3) is 0 Å². The summed E-state index contributed by atoms with van der Waals surface area (Å²) >= 11 is -0.826. The second kappa shape index (κ2) is 9.90. The SMILES string of the molecule is Cc1cccc(N=NC2CCCCC2)c1O.[Cl][Zr][Cl]. The maximum atomic E-state index is 9.77. The Labute approximate surface area is 133 Å². The first-order valence-electron chi connectivity index (χ1n) is 6.34. The molecule has 1 aliphatic rings. The molecule has 104 valence electrons. The van der Waals surface area contributed by atoms with E-state index in [0.29, 0.717) is 11.7 Å². The third-order valence-corrected chi connectivity index (χ3v) is 3.12. The number of azo groups is 1. The molecule has 1 fully saturated rings. The number of phenols is 1. The Bertz CT molecular complexity index is 410. The topological polar surface area (TPSA) is 45.0 Å². The third kappa shape index (κ3) is 6.38. The summed E-state index contributed by atoms with van der Waals surface area (Å²) in [4.78, 5) is 0. The van der Waals surface area contributed by atoms with E-state index in [0.717, 1.165) is 18.4 Å². The number of aromatic hydroxyl groups is 1. The molecule has 19 heavy (non-hydrogen) atoms. The molecule has 0 bridgehead atoms. The molecule has 2 rings (SSSR count). The van der Waals surface area contributed by atoms with Crippen LogP contribution in [-0.2, 0) is 20.8 Å². The van der Waals surface area contributed by atoms with Crippen LogP contribution in [0, 0.1) is 6.92 Å². The fraction of sp³-hybridized carbons (Fsp3) is 0.538. The average molecular weight is 380 g/mol. The minimum absolute atomic E-state index is 0.252. The van der Waals surface area contributed by atoms with Crippen LogP contribution in [0.5, 0.6) is 5.75 Å². The van der Waals surface area contributed by atoms with E-state index in [1.165, 1.54) is 19.3 Å². The number of rotatable bonds is 2. The quantitative estimate of drug-likeness (QED) is 0.677. The van der Waals surface area contributed by atoms with Crippen molar-refractivity contribution < 1.29 is 26.0 Å². The normalized spacial score (nSPS) is 15.9. The van der Waals surface area contributed by atoms with Crippen LogP contribution in [0.4, 0.5) is 5.69 Å². The summed E-state index contributed by atoms with van der Waals surface area (Å²) in [5, 5.41) is 18.3. The average Bonchev–Trinajstić information content (AvgIpc) is 2.43. The Hall–Kier alpha value is 0.0831. The third-order valence-electron chi connectivity index (χ3n) is 3.12. The van der Waals surface area contributed by atoms with Gasteiger partial charge in [0, 0.05) is 0 Å². The molecule has 0 unspecified atom stereocenters. The number of hydrogen-bond acceptors (Lipinski definition) is 3. The van der Waals surface area contributed by atoms with Gasteiger partial charge < -0.3 is 5.11 Å². The first kappa shape index (κ1) is 17.1. The Balaban J connectivity index is 0.000000550. The molecule has 0 radical (unpaired) electrons. The molecular formula is C13H18Cl2N2OZr. The van der Waals surface area contributed by atoms with E-state index >= 15 is 0 Å². The van der Waals surface area contributed by atoms with E-state index in [1.807, 2.05) is 19.1 Å². The van der Waals surface area contributed by atoms with Crippen molar-refractivity contribution in [3.05, 3.63) is 23.8 Å². The summed E-state index contributed by atoms with van der Waals surface area (Å²) in [6.45, 7) is 1.87. The van der Waals surface area contributed by atoms with Crippen molar-refractivity contribution in [2.45, 2.75) is 45.1 Å². The van der Waals surface area contributed by atoms with E-state index in [4.69, 9.17) is 17.0 Å². The van der Waals surface area contributed by atoms with E-state index in [1.54, 1.807) is 6.07 Å². The van der Waals surface area contributed by atoms with Crippen molar-refractivity contribution in [1.82, 2.24) is 0 Å². The number of nitrogens with zero attached hydrogens (tertiary/aromatic N) is 2. The van der Waals surface area contributed by atoms with Crippen LogP contribution in [0.1, 0.15) is 37.7 Å². The van der Waals surface area contributed by atoms with Crippen molar-refractivity contribution in [2.24, 2.45) is 10.2 Å². The Morgan fingerprint density at radius 2 is 1.84 bits per heavy atom. The van der Waals surface area contributed by atoms with Crippen molar-refractivity contribution in [2.75, 3.05) is 0 Å². The molecule has 1 aliphatic carbocycles. The Morgan fingerprint density at radius 3 is 2.47 bits per heavy atom. The number of phenolic OH excluding ortho intramolecular Hbond substituents is 1. The zero-order chi connectivity index (χ0) is 14.1. The molecule has 3 nitrogen and oxygen atoms in total. The zero-order valence-corrected chi connectivity index (χ0v) is 14.9. The van der Waals surface area contributed by atoms with Crippen LogP contribution >= 0.6 is 17.0 Å². The van der Waals surface area contributed by atoms with E-state index in [9.17, 15) is 5.11 Å². The Kier molecular flexibility index (Phi) is 8.93. The number of halogens is 2. The van der Waals surface area contributed by atoms with Gasteiger partial charge in [0.15, 0.2) is 0 Å². The molecule has 1 aromatic rings. The fourth-order valence-electron chi connectivity index (χ4n) is 2.06. The van der Waals surface area contributed by atoms with Gasteiger partial charge in [-0.05, 0) is 31.4 Å². The molecule has 0 heterocycles. The van der Waals surface area contributed by atoms with Gasteiger partial charge in [-0.15, -0.1) is 0 Å². The van der Waals surface area contributed by atoms with Gasteiger partial charge in [-0.3, -0.25) is 0 Å². The number of para-hydroxylation sites is 1. The van der Waals surface area contributed by atoms with Crippen molar-refractivity contribution in [3.8, 4) is 5.75 Å². The van der Waals surface area contributed by atoms with Crippen LogP contribution in [0.3, 0.4) is 0 Å². The van der Waals surface area contributed by atoms with Crippen molar-refractivity contribution in [1.29, 1.82) is 0 Å². The molecule has 6 heteroatoms. The summed E-state index contributed by atoms with van der Waals surface area (Å²) in [6, 6.07) is 5.92. The summed E-state index contributed by atoms with van der Waals surface area (Å²) in [5.74, 6) is 0.252. The van der Waals surface area contributed by atoms with Crippen LogP contribution in [0.15, 0.2) is 28.4 Å². The minimum atomic E-state index is -0.826. The molecule has 1 saturated carbocycles. The maximum absolute atomic E-state index is 9.77. The molecular weight excluding hydrogens is 362 g/mol. The monoisotopic (exact) mass is 378 g/mol. The molecule has 1 aromatic carbocycles. The fourth-order valence-corrected chi connectivity index (χ4v) is 2.06. The number of benzene rings is 1. The van der Waals surface area contributed by atoms with Gasteiger partial charge in [0.2, 0.25) is 0 Å². The van der Waals surface area contributed by atoms with Crippen molar-refractivity contribution in [3.63, 3.8) is 0 Å². The number of aryl methyl sites for hydroxylation is 1. The summed E-state index contributed by atoms with van der Waals surface area (Å²) < 4.78 is 0. The molecule has 0 aliphatic heterocycles. The molecule has 0 aromatic heterocycles. The van der Waals surface area contributed by atoms with Gasteiger partial charge in [0.1, 0.15) is 11.4 Å². The van der Waals surface area contributed by atoms with E-state index in [-0.39, 0.29) is 5.75 Å². The van der Waals surface area contributed by atoms with Crippen molar-refractivity contribution >= 4 is 22.7 Å². The molecule has 1 N–H and O–H groups in total. The van der Waals surface area contributed by atoms with Crippen LogP contribution in [0.25, 0.3) is 0 Å². The van der Waals surface area contributed by atoms with Gasteiger partial charge in [-0.25, -0.2) is 0 Å². The van der Waals surface area contributed by atoms with Gasteiger partial charge >= 0.3 is 37.9 Å². The first-order valence-corrected chi connectivity index (χ1v) is 12.7. The first-order chi connectivity index (χ1) is 9.19. The van der Waals surface area contributed by atoms with Crippen LogP contribution in [-0.4, -0.2) is 11.1 Å². The summed E-state index contributed by atoms with van der Waals surface area (Å²) in [7, 11) is 9.87.